The second-order valence-corrected chi connectivity index (χ2v) is 7.46. The van der Waals surface area contributed by atoms with Crippen molar-refractivity contribution in [2.24, 2.45) is 13.0 Å². The van der Waals surface area contributed by atoms with Gasteiger partial charge in [-0.15, -0.1) is 0 Å². The van der Waals surface area contributed by atoms with Crippen molar-refractivity contribution < 1.29 is 18.4 Å². The molecule has 7 nitrogen and oxygen atoms in total. The van der Waals surface area contributed by atoms with Crippen LogP contribution in [-0.2, 0) is 11.8 Å². The van der Waals surface area contributed by atoms with Gasteiger partial charge >= 0.3 is 0 Å². The van der Waals surface area contributed by atoms with E-state index in [9.17, 15) is 23.2 Å². The minimum absolute atomic E-state index is 0.0161. The molecule has 0 atom stereocenters. The fourth-order valence-corrected chi connectivity index (χ4v) is 3.56. The molecule has 1 fully saturated rings. The van der Waals surface area contributed by atoms with Crippen molar-refractivity contribution in [1.82, 2.24) is 14.3 Å². The number of anilines is 1. The topological polar surface area (TPSA) is 76.3 Å². The zero-order chi connectivity index (χ0) is 22.3. The van der Waals surface area contributed by atoms with E-state index in [0.717, 1.165) is 12.1 Å². The summed E-state index contributed by atoms with van der Waals surface area (Å²) in [5.74, 6) is -3.49. The first-order chi connectivity index (χ1) is 14.8. The van der Waals surface area contributed by atoms with E-state index in [4.69, 9.17) is 0 Å². The number of carbonyl (C=O) groups excluding carboxylic acids is 2. The third-order valence-corrected chi connectivity index (χ3v) is 5.51. The van der Waals surface area contributed by atoms with Crippen LogP contribution in [0.1, 0.15) is 16.1 Å². The highest BCUT2D eigenvalue weighted by Gasteiger charge is 2.37. The van der Waals surface area contributed by atoms with Crippen molar-refractivity contribution >= 4 is 17.5 Å². The fourth-order valence-electron chi connectivity index (χ4n) is 3.56. The number of nitrogens with zero attached hydrogens (tertiary/aromatic N) is 3. The van der Waals surface area contributed by atoms with Crippen LogP contribution in [0.15, 0.2) is 53.3 Å². The lowest BCUT2D eigenvalue weighted by Gasteiger charge is -2.38. The molecule has 1 aliphatic heterocycles. The molecule has 160 valence electrons. The Morgan fingerprint density at radius 2 is 1.71 bits per heavy atom. The summed E-state index contributed by atoms with van der Waals surface area (Å²) in [6.07, 6.45) is 0. The molecule has 9 heteroatoms. The Labute approximate surface area is 176 Å². The number of carbonyl (C=O) groups is 2. The molecule has 31 heavy (non-hydrogen) atoms. The van der Waals surface area contributed by atoms with Gasteiger partial charge in [-0.05, 0) is 37.3 Å². The van der Waals surface area contributed by atoms with Gasteiger partial charge in [-0.2, -0.15) is 0 Å². The molecule has 0 bridgehead atoms. The van der Waals surface area contributed by atoms with Crippen molar-refractivity contribution in [3.63, 3.8) is 0 Å². The lowest BCUT2D eigenvalue weighted by atomic mass is 9.97. The minimum atomic E-state index is -1.10. The molecule has 0 unspecified atom stereocenters. The molecule has 4 rings (SSSR count). The molecular formula is C22H20F2N4O3. The number of para-hydroxylation sites is 1. The van der Waals surface area contributed by atoms with E-state index in [0.29, 0.717) is 11.4 Å². The van der Waals surface area contributed by atoms with Crippen LogP contribution in [0.5, 0.6) is 0 Å². The average Bonchev–Trinajstić information content (AvgIpc) is 2.92. The van der Waals surface area contributed by atoms with E-state index < -0.39 is 23.5 Å². The van der Waals surface area contributed by atoms with Crippen molar-refractivity contribution in [2.75, 3.05) is 18.4 Å². The van der Waals surface area contributed by atoms with Crippen molar-refractivity contribution in [2.45, 2.75) is 6.92 Å². The van der Waals surface area contributed by atoms with Crippen LogP contribution in [0.2, 0.25) is 0 Å². The summed E-state index contributed by atoms with van der Waals surface area (Å²) in [5, 5.41) is 2.69. The standard InChI is InChI=1S/C22H20F2N4O3/c1-13-19(22(31)28(26(13)2)16-6-4-3-5-7-16)25-20(29)15-11-27(12-15)21(30)14-8-9-17(23)18(24)10-14/h3-10,15H,11-12H2,1-2H3,(H,25,29). The Morgan fingerprint density at radius 1 is 1.03 bits per heavy atom. The van der Waals surface area contributed by atoms with Crippen LogP contribution in [0.25, 0.3) is 5.69 Å². The molecule has 0 saturated carbocycles. The molecule has 1 aromatic heterocycles. The normalized spacial score (nSPS) is 13.7. The fraction of sp³-hybridized carbons (Fsp3) is 0.227. The maximum Gasteiger partial charge on any atom is 0.295 e. The molecule has 2 amide bonds. The van der Waals surface area contributed by atoms with Gasteiger partial charge in [0.05, 0.1) is 17.3 Å². The van der Waals surface area contributed by atoms with E-state index >= 15 is 0 Å². The number of rotatable bonds is 4. The molecule has 1 aliphatic rings. The number of nitrogens with one attached hydrogen (secondary N) is 1. The Kier molecular flexibility index (Phi) is 5.18. The predicted octanol–water partition coefficient (Wildman–Crippen LogP) is 2.47. The number of halogens is 2. The number of aromatic nitrogens is 2. The van der Waals surface area contributed by atoms with Gasteiger partial charge in [0.15, 0.2) is 11.6 Å². The monoisotopic (exact) mass is 426 g/mol. The number of benzene rings is 2. The maximum absolute atomic E-state index is 13.4. The van der Waals surface area contributed by atoms with Crippen molar-refractivity contribution in [3.05, 3.63) is 81.8 Å². The van der Waals surface area contributed by atoms with Crippen LogP contribution in [-0.4, -0.2) is 39.2 Å². The lowest BCUT2D eigenvalue weighted by Crippen LogP contribution is -2.54. The number of likely N-dealkylation sites (tertiary alicyclic amines) is 1. The second kappa shape index (κ2) is 7.82. The molecule has 3 aromatic rings. The summed E-state index contributed by atoms with van der Waals surface area (Å²) < 4.78 is 29.5. The quantitative estimate of drug-likeness (QED) is 0.697. The Hall–Kier alpha value is -3.75. The van der Waals surface area contributed by atoms with Crippen LogP contribution in [0.4, 0.5) is 14.5 Å². The van der Waals surface area contributed by atoms with Crippen molar-refractivity contribution in [3.8, 4) is 5.69 Å². The van der Waals surface area contributed by atoms with Gasteiger partial charge < -0.3 is 10.2 Å². The van der Waals surface area contributed by atoms with E-state index in [-0.39, 0.29) is 35.8 Å². The summed E-state index contributed by atoms with van der Waals surface area (Å²) >= 11 is 0. The van der Waals surface area contributed by atoms with E-state index in [1.54, 1.807) is 30.8 Å². The van der Waals surface area contributed by atoms with Gasteiger partial charge in [-0.1, -0.05) is 18.2 Å². The lowest BCUT2D eigenvalue weighted by molar-refractivity contribution is -0.123. The van der Waals surface area contributed by atoms with Crippen LogP contribution in [0.3, 0.4) is 0 Å². The van der Waals surface area contributed by atoms with Gasteiger partial charge in [0, 0.05) is 25.7 Å². The van der Waals surface area contributed by atoms with Crippen LogP contribution >= 0.6 is 0 Å². The zero-order valence-corrected chi connectivity index (χ0v) is 16.9. The largest absolute Gasteiger partial charge is 0.337 e. The summed E-state index contributed by atoms with van der Waals surface area (Å²) in [5.41, 5.74) is 1.11. The Balaban J connectivity index is 1.45. The van der Waals surface area contributed by atoms with Gasteiger partial charge in [0.2, 0.25) is 5.91 Å². The maximum atomic E-state index is 13.4. The van der Waals surface area contributed by atoms with E-state index in [1.165, 1.54) is 15.6 Å². The molecule has 1 saturated heterocycles. The van der Waals surface area contributed by atoms with Gasteiger partial charge in [0.1, 0.15) is 5.69 Å². The molecular weight excluding hydrogens is 406 g/mol. The van der Waals surface area contributed by atoms with Gasteiger partial charge in [-0.3, -0.25) is 19.1 Å². The van der Waals surface area contributed by atoms with E-state index in [1.807, 2.05) is 18.2 Å². The highest BCUT2D eigenvalue weighted by molar-refractivity contribution is 5.98. The van der Waals surface area contributed by atoms with Crippen LogP contribution in [0, 0.1) is 24.5 Å². The molecule has 0 spiro atoms. The van der Waals surface area contributed by atoms with Crippen LogP contribution < -0.4 is 10.9 Å². The highest BCUT2D eigenvalue weighted by atomic mass is 19.2. The Morgan fingerprint density at radius 3 is 2.35 bits per heavy atom. The molecule has 2 heterocycles. The molecule has 1 N–H and O–H groups in total. The number of hydrogen-bond donors (Lipinski definition) is 1. The summed E-state index contributed by atoms with van der Waals surface area (Å²) in [4.78, 5) is 39.3. The predicted molar refractivity (Wildman–Crippen MR) is 110 cm³/mol. The third-order valence-electron chi connectivity index (χ3n) is 5.51. The summed E-state index contributed by atoms with van der Waals surface area (Å²) in [6.45, 7) is 1.99. The van der Waals surface area contributed by atoms with Crippen molar-refractivity contribution in [1.29, 1.82) is 0 Å². The number of amides is 2. The first kappa shape index (κ1) is 20.5. The SMILES string of the molecule is Cc1c(NC(=O)C2CN(C(=O)c3ccc(F)c(F)c3)C2)c(=O)n(-c2ccccc2)n1C. The minimum Gasteiger partial charge on any atom is -0.337 e. The Bertz CT molecular complexity index is 1230. The van der Waals surface area contributed by atoms with E-state index in [2.05, 4.69) is 5.32 Å². The summed E-state index contributed by atoms with van der Waals surface area (Å²) in [7, 11) is 1.73. The highest BCUT2D eigenvalue weighted by Crippen LogP contribution is 2.22. The first-order valence-corrected chi connectivity index (χ1v) is 9.67. The molecule has 0 radical (unpaired) electrons. The van der Waals surface area contributed by atoms with Gasteiger partial charge in [-0.25, -0.2) is 13.5 Å². The van der Waals surface area contributed by atoms with Gasteiger partial charge in [0.25, 0.3) is 11.5 Å². The number of hydrogen-bond acceptors (Lipinski definition) is 3. The molecule has 2 aromatic carbocycles. The first-order valence-electron chi connectivity index (χ1n) is 9.67. The zero-order valence-electron chi connectivity index (χ0n) is 16.9. The average molecular weight is 426 g/mol. The third kappa shape index (κ3) is 3.63. The summed E-state index contributed by atoms with van der Waals surface area (Å²) in [6, 6.07) is 12.0. The second-order valence-electron chi connectivity index (χ2n) is 7.46. The smallest absolute Gasteiger partial charge is 0.295 e. The molecule has 0 aliphatic carbocycles.